The van der Waals surface area contributed by atoms with Gasteiger partial charge in [0.2, 0.25) is 0 Å². The van der Waals surface area contributed by atoms with E-state index in [-0.39, 0.29) is 0 Å². The first-order valence-corrected chi connectivity index (χ1v) is 3.75. The molecule has 1 aliphatic carbocycles. The van der Waals surface area contributed by atoms with Crippen molar-refractivity contribution in [2.24, 2.45) is 0 Å². The molecular formula is C6H11Br. The molecule has 1 aliphatic rings. The molecule has 0 heterocycles. The monoisotopic (exact) mass is 162 g/mol. The molecule has 0 N–H and O–H groups in total. The van der Waals surface area contributed by atoms with Crippen LogP contribution in [0.2, 0.25) is 0 Å². The number of halogens is 1. The predicted molar refractivity (Wildman–Crippen MR) is 35.8 cm³/mol. The molecule has 0 spiro atoms. The van der Waals surface area contributed by atoms with Gasteiger partial charge in [0.1, 0.15) is 0 Å². The Morgan fingerprint density at radius 3 is 2.29 bits per heavy atom. The van der Waals surface area contributed by atoms with E-state index in [4.69, 9.17) is 0 Å². The first kappa shape index (κ1) is 5.61. The van der Waals surface area contributed by atoms with Crippen LogP contribution in [0, 0.1) is 0 Å². The van der Waals surface area contributed by atoms with Crippen molar-refractivity contribution in [3.63, 3.8) is 0 Å². The fourth-order valence-electron chi connectivity index (χ4n) is 0.834. The normalized spacial score (nSPS) is 24.9. The van der Waals surface area contributed by atoms with Gasteiger partial charge in [-0.25, -0.2) is 0 Å². The number of alkyl halides is 1. The Morgan fingerprint density at radius 2 is 2.14 bits per heavy atom. The predicted octanol–water partition coefficient (Wildman–Crippen LogP) is 2.71. The van der Waals surface area contributed by atoms with Gasteiger partial charge in [-0.05, 0) is 19.3 Å². The Labute approximate surface area is 53.4 Å². The second kappa shape index (κ2) is 1.77. The highest BCUT2D eigenvalue weighted by Gasteiger charge is 2.38. The zero-order chi connectivity index (χ0) is 5.33. The lowest BCUT2D eigenvalue weighted by Crippen LogP contribution is -1.92. The third-order valence-electron chi connectivity index (χ3n) is 1.49. The summed E-state index contributed by atoms with van der Waals surface area (Å²) in [5.41, 5.74) is 0. The SMILES string of the molecule is CCCC1(Br)CC1. The van der Waals surface area contributed by atoms with Crippen molar-refractivity contribution in [1.29, 1.82) is 0 Å². The topological polar surface area (TPSA) is 0 Å². The molecule has 1 heteroatoms. The molecule has 0 aromatic heterocycles. The van der Waals surface area contributed by atoms with E-state index in [0.29, 0.717) is 4.32 Å². The summed E-state index contributed by atoms with van der Waals surface area (Å²) >= 11 is 3.65. The highest BCUT2D eigenvalue weighted by atomic mass is 79.9. The first-order chi connectivity index (χ1) is 3.27. The summed E-state index contributed by atoms with van der Waals surface area (Å²) in [6.45, 7) is 2.24. The summed E-state index contributed by atoms with van der Waals surface area (Å²) in [6, 6.07) is 0. The fraction of sp³-hybridized carbons (Fsp3) is 1.00. The largest absolute Gasteiger partial charge is 0.0853 e. The van der Waals surface area contributed by atoms with Crippen molar-refractivity contribution in [1.82, 2.24) is 0 Å². The van der Waals surface area contributed by atoms with Gasteiger partial charge < -0.3 is 0 Å². The zero-order valence-electron chi connectivity index (χ0n) is 4.71. The molecule has 0 radical (unpaired) electrons. The quantitative estimate of drug-likeness (QED) is 0.549. The van der Waals surface area contributed by atoms with Gasteiger partial charge in [-0.2, -0.15) is 0 Å². The average molecular weight is 163 g/mol. The highest BCUT2D eigenvalue weighted by molar-refractivity contribution is 9.10. The molecular weight excluding hydrogens is 152 g/mol. The van der Waals surface area contributed by atoms with Gasteiger partial charge in [-0.3, -0.25) is 0 Å². The summed E-state index contributed by atoms with van der Waals surface area (Å²) in [5.74, 6) is 0. The number of rotatable bonds is 2. The van der Waals surface area contributed by atoms with Gasteiger partial charge in [-0.15, -0.1) is 0 Å². The smallest absolute Gasteiger partial charge is 0.0259 e. The van der Waals surface area contributed by atoms with Crippen LogP contribution in [0.4, 0.5) is 0 Å². The molecule has 0 amide bonds. The third-order valence-corrected chi connectivity index (χ3v) is 2.68. The maximum Gasteiger partial charge on any atom is 0.0259 e. The molecule has 0 aromatic rings. The van der Waals surface area contributed by atoms with E-state index in [1.54, 1.807) is 0 Å². The Morgan fingerprint density at radius 1 is 1.57 bits per heavy atom. The van der Waals surface area contributed by atoms with Crippen molar-refractivity contribution in [2.75, 3.05) is 0 Å². The molecule has 0 aliphatic heterocycles. The first-order valence-electron chi connectivity index (χ1n) is 2.96. The average Bonchev–Trinajstić information content (AvgIpc) is 2.22. The fourth-order valence-corrected chi connectivity index (χ4v) is 1.43. The summed E-state index contributed by atoms with van der Waals surface area (Å²) in [7, 11) is 0. The van der Waals surface area contributed by atoms with Crippen LogP contribution in [0.15, 0.2) is 0 Å². The van der Waals surface area contributed by atoms with Crippen LogP contribution >= 0.6 is 15.9 Å². The number of hydrogen-bond donors (Lipinski definition) is 0. The Bertz CT molecular complexity index is 64.6. The van der Waals surface area contributed by atoms with Gasteiger partial charge in [0.25, 0.3) is 0 Å². The Balaban J connectivity index is 2.13. The summed E-state index contributed by atoms with van der Waals surface area (Å²) in [4.78, 5) is 0. The van der Waals surface area contributed by atoms with Gasteiger partial charge in [-0.1, -0.05) is 29.3 Å². The zero-order valence-corrected chi connectivity index (χ0v) is 6.29. The summed E-state index contributed by atoms with van der Waals surface area (Å²) in [5, 5.41) is 0. The molecule has 0 nitrogen and oxygen atoms in total. The maximum atomic E-state index is 3.65. The van der Waals surface area contributed by atoms with Crippen LogP contribution < -0.4 is 0 Å². The maximum absolute atomic E-state index is 3.65. The van der Waals surface area contributed by atoms with Crippen molar-refractivity contribution in [3.05, 3.63) is 0 Å². The van der Waals surface area contributed by atoms with Crippen LogP contribution in [0.3, 0.4) is 0 Å². The molecule has 0 saturated heterocycles. The van der Waals surface area contributed by atoms with Gasteiger partial charge in [0.15, 0.2) is 0 Å². The molecule has 7 heavy (non-hydrogen) atoms. The van der Waals surface area contributed by atoms with Crippen LogP contribution in [0.5, 0.6) is 0 Å². The van der Waals surface area contributed by atoms with Crippen molar-refractivity contribution >= 4 is 15.9 Å². The molecule has 0 unspecified atom stereocenters. The van der Waals surface area contributed by atoms with Crippen LogP contribution in [0.1, 0.15) is 32.6 Å². The van der Waals surface area contributed by atoms with Gasteiger partial charge in [0.05, 0.1) is 0 Å². The lowest BCUT2D eigenvalue weighted by Gasteiger charge is -1.98. The highest BCUT2D eigenvalue weighted by Crippen LogP contribution is 2.47. The van der Waals surface area contributed by atoms with E-state index in [2.05, 4.69) is 22.9 Å². The minimum absolute atomic E-state index is 0.613. The van der Waals surface area contributed by atoms with Crippen molar-refractivity contribution in [3.8, 4) is 0 Å². The van der Waals surface area contributed by atoms with Gasteiger partial charge >= 0.3 is 0 Å². The lowest BCUT2D eigenvalue weighted by atomic mass is 10.2. The van der Waals surface area contributed by atoms with E-state index < -0.39 is 0 Å². The standard InChI is InChI=1S/C6H11Br/c1-2-3-6(7)4-5-6/h2-5H2,1H3. The van der Waals surface area contributed by atoms with E-state index in [1.807, 2.05) is 0 Å². The molecule has 0 atom stereocenters. The summed E-state index contributed by atoms with van der Waals surface area (Å²) < 4.78 is 0.613. The van der Waals surface area contributed by atoms with Crippen LogP contribution in [-0.4, -0.2) is 4.32 Å². The Kier molecular flexibility index (Phi) is 1.42. The molecule has 1 fully saturated rings. The Hall–Kier alpha value is 0.480. The minimum Gasteiger partial charge on any atom is -0.0853 e. The second-order valence-electron chi connectivity index (χ2n) is 2.40. The molecule has 1 rings (SSSR count). The molecule has 0 bridgehead atoms. The van der Waals surface area contributed by atoms with E-state index in [0.717, 1.165) is 0 Å². The van der Waals surface area contributed by atoms with Crippen molar-refractivity contribution < 1.29 is 0 Å². The molecule has 0 aromatic carbocycles. The van der Waals surface area contributed by atoms with Crippen molar-refractivity contribution in [2.45, 2.75) is 36.9 Å². The molecule has 42 valence electrons. The van der Waals surface area contributed by atoms with Crippen LogP contribution in [0.25, 0.3) is 0 Å². The van der Waals surface area contributed by atoms with Crippen LogP contribution in [-0.2, 0) is 0 Å². The lowest BCUT2D eigenvalue weighted by molar-refractivity contribution is 0.759. The summed E-state index contributed by atoms with van der Waals surface area (Å²) in [6.07, 6.45) is 5.50. The van der Waals surface area contributed by atoms with E-state index in [9.17, 15) is 0 Å². The minimum atomic E-state index is 0.613. The van der Waals surface area contributed by atoms with E-state index >= 15 is 0 Å². The molecule has 1 saturated carbocycles. The van der Waals surface area contributed by atoms with E-state index in [1.165, 1.54) is 25.7 Å². The number of hydrogen-bond acceptors (Lipinski definition) is 0. The van der Waals surface area contributed by atoms with Gasteiger partial charge in [0, 0.05) is 4.32 Å². The third kappa shape index (κ3) is 1.45. The second-order valence-corrected chi connectivity index (χ2v) is 4.08.